The first-order valence-corrected chi connectivity index (χ1v) is 8.12. The lowest BCUT2D eigenvalue weighted by Crippen LogP contribution is -2.21. The zero-order chi connectivity index (χ0) is 12.7. The van der Waals surface area contributed by atoms with Crippen LogP contribution in [0.1, 0.15) is 38.7 Å². The molecular weight excluding hydrogens is 294 g/mol. The SMILES string of the molecule is CCCCSc1cc(Br)ccc1CC(N)CC. The van der Waals surface area contributed by atoms with Gasteiger partial charge in [-0.2, -0.15) is 0 Å². The van der Waals surface area contributed by atoms with Gasteiger partial charge in [0, 0.05) is 15.4 Å². The van der Waals surface area contributed by atoms with Crippen LogP contribution in [0.25, 0.3) is 0 Å². The number of hydrogen-bond acceptors (Lipinski definition) is 2. The van der Waals surface area contributed by atoms with Crippen LogP contribution in [0.2, 0.25) is 0 Å². The van der Waals surface area contributed by atoms with Crippen molar-refractivity contribution >= 4 is 27.7 Å². The molecule has 3 heteroatoms. The maximum atomic E-state index is 6.05. The number of unbranched alkanes of at least 4 members (excludes halogenated alkanes) is 1. The van der Waals surface area contributed by atoms with Crippen molar-refractivity contribution in [2.24, 2.45) is 5.73 Å². The number of thioether (sulfide) groups is 1. The Kier molecular flexibility index (Phi) is 7.24. The summed E-state index contributed by atoms with van der Waals surface area (Å²) >= 11 is 5.50. The third kappa shape index (κ3) is 5.45. The smallest absolute Gasteiger partial charge is 0.0186 e. The summed E-state index contributed by atoms with van der Waals surface area (Å²) in [5.74, 6) is 1.20. The van der Waals surface area contributed by atoms with E-state index in [9.17, 15) is 0 Å². The summed E-state index contributed by atoms with van der Waals surface area (Å²) in [6.45, 7) is 4.38. The van der Waals surface area contributed by atoms with Gasteiger partial charge in [0.1, 0.15) is 0 Å². The van der Waals surface area contributed by atoms with Gasteiger partial charge in [0.2, 0.25) is 0 Å². The Morgan fingerprint density at radius 3 is 2.76 bits per heavy atom. The van der Waals surface area contributed by atoms with Crippen molar-refractivity contribution in [1.29, 1.82) is 0 Å². The predicted octanol–water partition coefficient (Wildman–Crippen LogP) is 4.62. The summed E-state index contributed by atoms with van der Waals surface area (Å²) in [4.78, 5) is 1.39. The van der Waals surface area contributed by atoms with Gasteiger partial charge in [-0.25, -0.2) is 0 Å². The van der Waals surface area contributed by atoms with Crippen molar-refractivity contribution in [1.82, 2.24) is 0 Å². The van der Waals surface area contributed by atoms with Gasteiger partial charge in [-0.1, -0.05) is 42.3 Å². The van der Waals surface area contributed by atoms with E-state index in [1.807, 2.05) is 11.8 Å². The largest absolute Gasteiger partial charge is 0.327 e. The Bertz CT molecular complexity index is 341. The van der Waals surface area contributed by atoms with Crippen LogP contribution in [-0.2, 0) is 6.42 Å². The molecular formula is C14H22BrNS. The van der Waals surface area contributed by atoms with Crippen LogP contribution < -0.4 is 5.73 Å². The van der Waals surface area contributed by atoms with Crippen molar-refractivity contribution < 1.29 is 0 Å². The molecule has 0 radical (unpaired) electrons. The van der Waals surface area contributed by atoms with Gasteiger partial charge in [-0.3, -0.25) is 0 Å². The standard InChI is InChI=1S/C14H22BrNS/c1-3-5-8-17-14-10-12(15)7-6-11(14)9-13(16)4-2/h6-7,10,13H,3-5,8-9,16H2,1-2H3. The van der Waals surface area contributed by atoms with Crippen LogP contribution >= 0.6 is 27.7 Å². The Morgan fingerprint density at radius 2 is 2.12 bits per heavy atom. The van der Waals surface area contributed by atoms with Gasteiger partial charge >= 0.3 is 0 Å². The van der Waals surface area contributed by atoms with Crippen molar-refractivity contribution in [3.05, 3.63) is 28.2 Å². The van der Waals surface area contributed by atoms with Gasteiger partial charge in [0.25, 0.3) is 0 Å². The first-order chi connectivity index (χ1) is 8.17. The van der Waals surface area contributed by atoms with Gasteiger partial charge in [0.05, 0.1) is 0 Å². The highest BCUT2D eigenvalue weighted by Crippen LogP contribution is 2.28. The second-order valence-electron chi connectivity index (χ2n) is 4.33. The zero-order valence-corrected chi connectivity index (χ0v) is 13.1. The Hall–Kier alpha value is 0.01000. The monoisotopic (exact) mass is 315 g/mol. The fraction of sp³-hybridized carbons (Fsp3) is 0.571. The van der Waals surface area contributed by atoms with Crippen LogP contribution in [0.4, 0.5) is 0 Å². The molecule has 1 rings (SSSR count). The van der Waals surface area contributed by atoms with Crippen molar-refractivity contribution in [3.8, 4) is 0 Å². The lowest BCUT2D eigenvalue weighted by atomic mass is 10.1. The van der Waals surface area contributed by atoms with Gasteiger partial charge < -0.3 is 5.73 Å². The summed E-state index contributed by atoms with van der Waals surface area (Å²) in [7, 11) is 0. The lowest BCUT2D eigenvalue weighted by molar-refractivity contribution is 0.641. The number of benzene rings is 1. The maximum absolute atomic E-state index is 6.05. The van der Waals surface area contributed by atoms with Crippen molar-refractivity contribution in [3.63, 3.8) is 0 Å². The van der Waals surface area contributed by atoms with Gasteiger partial charge in [-0.05, 0) is 42.7 Å². The second-order valence-corrected chi connectivity index (χ2v) is 6.38. The Balaban J connectivity index is 2.72. The topological polar surface area (TPSA) is 26.0 Å². The second kappa shape index (κ2) is 8.17. The molecule has 0 heterocycles. The summed E-state index contributed by atoms with van der Waals surface area (Å²) in [6.07, 6.45) is 4.55. The molecule has 1 aromatic carbocycles. The molecule has 0 aliphatic carbocycles. The van der Waals surface area contributed by atoms with E-state index in [1.165, 1.54) is 29.1 Å². The highest BCUT2D eigenvalue weighted by molar-refractivity contribution is 9.10. The molecule has 0 saturated heterocycles. The van der Waals surface area contributed by atoms with Crippen molar-refractivity contribution in [2.45, 2.75) is 50.5 Å². The summed E-state index contributed by atoms with van der Waals surface area (Å²) in [5, 5.41) is 0. The molecule has 0 spiro atoms. The van der Waals surface area contributed by atoms with Gasteiger partial charge in [-0.15, -0.1) is 11.8 Å². The number of hydrogen-bond donors (Lipinski definition) is 1. The van der Waals surface area contributed by atoms with Crippen LogP contribution in [-0.4, -0.2) is 11.8 Å². The molecule has 1 unspecified atom stereocenters. The molecule has 0 aliphatic rings. The van der Waals surface area contributed by atoms with Crippen LogP contribution in [0.5, 0.6) is 0 Å². The molecule has 2 N–H and O–H groups in total. The predicted molar refractivity (Wildman–Crippen MR) is 81.7 cm³/mol. The van der Waals surface area contributed by atoms with E-state index in [4.69, 9.17) is 5.73 Å². The average molecular weight is 316 g/mol. The van der Waals surface area contributed by atoms with Crippen molar-refractivity contribution in [2.75, 3.05) is 5.75 Å². The molecule has 0 amide bonds. The maximum Gasteiger partial charge on any atom is 0.0186 e. The molecule has 0 aliphatic heterocycles. The molecule has 1 aromatic rings. The van der Waals surface area contributed by atoms with E-state index >= 15 is 0 Å². The van der Waals surface area contributed by atoms with E-state index in [1.54, 1.807) is 0 Å². The molecule has 17 heavy (non-hydrogen) atoms. The average Bonchev–Trinajstić information content (AvgIpc) is 2.32. The first kappa shape index (κ1) is 15.1. The molecule has 0 aromatic heterocycles. The molecule has 1 nitrogen and oxygen atoms in total. The summed E-state index contributed by atoms with van der Waals surface area (Å²) in [5.41, 5.74) is 7.44. The minimum Gasteiger partial charge on any atom is -0.327 e. The molecule has 0 saturated carbocycles. The minimum absolute atomic E-state index is 0.279. The van der Waals surface area contributed by atoms with E-state index in [2.05, 4.69) is 48.0 Å². The van der Waals surface area contributed by atoms with Crippen LogP contribution in [0, 0.1) is 0 Å². The zero-order valence-electron chi connectivity index (χ0n) is 10.7. The lowest BCUT2D eigenvalue weighted by Gasteiger charge is -2.13. The fourth-order valence-corrected chi connectivity index (χ4v) is 3.30. The van der Waals surface area contributed by atoms with E-state index in [0.29, 0.717) is 0 Å². The highest BCUT2D eigenvalue weighted by atomic mass is 79.9. The van der Waals surface area contributed by atoms with E-state index in [-0.39, 0.29) is 6.04 Å². The molecule has 96 valence electrons. The minimum atomic E-state index is 0.279. The Morgan fingerprint density at radius 1 is 1.35 bits per heavy atom. The van der Waals surface area contributed by atoms with Gasteiger partial charge in [0.15, 0.2) is 0 Å². The van der Waals surface area contributed by atoms with Crippen LogP contribution in [0.15, 0.2) is 27.6 Å². The Labute approximate surface area is 118 Å². The number of halogens is 1. The third-order valence-electron chi connectivity index (χ3n) is 2.79. The fourth-order valence-electron chi connectivity index (χ4n) is 1.58. The summed E-state index contributed by atoms with van der Waals surface area (Å²) in [6, 6.07) is 6.81. The number of rotatable bonds is 7. The summed E-state index contributed by atoms with van der Waals surface area (Å²) < 4.78 is 1.16. The normalized spacial score (nSPS) is 12.7. The van der Waals surface area contributed by atoms with Crippen LogP contribution in [0.3, 0.4) is 0 Å². The molecule has 0 bridgehead atoms. The van der Waals surface area contributed by atoms with E-state index in [0.717, 1.165) is 17.3 Å². The first-order valence-electron chi connectivity index (χ1n) is 6.34. The number of nitrogens with two attached hydrogens (primary N) is 1. The highest BCUT2D eigenvalue weighted by Gasteiger charge is 2.07. The van der Waals surface area contributed by atoms with E-state index < -0.39 is 0 Å². The molecule has 1 atom stereocenters. The molecule has 0 fully saturated rings. The quantitative estimate of drug-likeness (QED) is 0.587. The third-order valence-corrected chi connectivity index (χ3v) is 4.47.